The van der Waals surface area contributed by atoms with Crippen molar-refractivity contribution in [1.29, 1.82) is 0 Å². The van der Waals surface area contributed by atoms with Crippen LogP contribution in [0.5, 0.6) is 0 Å². The Morgan fingerprint density at radius 3 is 2.95 bits per heavy atom. The lowest BCUT2D eigenvalue weighted by Gasteiger charge is -2.07. The maximum absolute atomic E-state index is 13.9. The van der Waals surface area contributed by atoms with E-state index in [0.717, 1.165) is 10.7 Å². The molecule has 20 heavy (non-hydrogen) atoms. The number of pyridine rings is 1. The van der Waals surface area contributed by atoms with Crippen LogP contribution in [0.2, 0.25) is 0 Å². The van der Waals surface area contributed by atoms with Crippen molar-refractivity contribution in [2.24, 2.45) is 0 Å². The van der Waals surface area contributed by atoms with Crippen molar-refractivity contribution in [3.8, 4) is 0 Å². The van der Waals surface area contributed by atoms with Gasteiger partial charge >= 0.3 is 0 Å². The Labute approximate surface area is 120 Å². The molecule has 0 bridgehead atoms. The second-order valence-corrected chi connectivity index (χ2v) is 5.20. The number of nitrogens with one attached hydrogen (secondary N) is 2. The van der Waals surface area contributed by atoms with Gasteiger partial charge in [-0.25, -0.2) is 14.4 Å². The topological polar surface area (TPSA) is 66.9 Å². The van der Waals surface area contributed by atoms with E-state index in [0.29, 0.717) is 13.0 Å². The number of anilines is 1. The molecular formula is C13H15FN4OS. The molecule has 0 unspecified atom stereocenters. The van der Waals surface area contributed by atoms with Crippen molar-refractivity contribution in [1.82, 2.24) is 15.3 Å². The molecular weight excluding hydrogens is 279 g/mol. The van der Waals surface area contributed by atoms with Crippen molar-refractivity contribution >= 4 is 23.1 Å². The summed E-state index contributed by atoms with van der Waals surface area (Å²) in [6.07, 6.45) is 2.02. The smallest absolute Gasteiger partial charge is 0.254 e. The largest absolute Gasteiger partial charge is 0.371 e. The third kappa shape index (κ3) is 3.30. The quantitative estimate of drug-likeness (QED) is 0.885. The zero-order valence-electron chi connectivity index (χ0n) is 11.2. The molecule has 2 rings (SSSR count). The molecule has 0 saturated heterocycles. The Morgan fingerprint density at radius 2 is 2.30 bits per heavy atom. The van der Waals surface area contributed by atoms with Gasteiger partial charge in [-0.3, -0.25) is 4.79 Å². The average Bonchev–Trinajstić information content (AvgIpc) is 2.84. The number of amides is 1. The molecule has 0 aliphatic heterocycles. The number of carbonyl (C=O) groups excluding carboxylic acids is 1. The van der Waals surface area contributed by atoms with Crippen molar-refractivity contribution in [3.63, 3.8) is 0 Å². The van der Waals surface area contributed by atoms with E-state index in [9.17, 15) is 9.18 Å². The highest BCUT2D eigenvalue weighted by Gasteiger charge is 2.15. The molecule has 2 aromatic heterocycles. The molecule has 0 atom stereocenters. The molecule has 2 aromatic rings. The summed E-state index contributed by atoms with van der Waals surface area (Å²) in [6, 6.07) is 1.36. The van der Waals surface area contributed by atoms with E-state index < -0.39 is 11.7 Å². The number of thiazole rings is 1. The van der Waals surface area contributed by atoms with Crippen molar-refractivity contribution in [2.45, 2.75) is 13.3 Å². The summed E-state index contributed by atoms with van der Waals surface area (Å²) < 4.78 is 13.9. The minimum absolute atomic E-state index is 0.0150. The van der Waals surface area contributed by atoms with Crippen LogP contribution in [0.15, 0.2) is 17.6 Å². The zero-order chi connectivity index (χ0) is 14.5. The van der Waals surface area contributed by atoms with Gasteiger partial charge in [0.1, 0.15) is 0 Å². The monoisotopic (exact) mass is 294 g/mol. The van der Waals surface area contributed by atoms with Crippen LogP contribution in [0, 0.1) is 12.7 Å². The maximum atomic E-state index is 13.9. The van der Waals surface area contributed by atoms with E-state index in [4.69, 9.17) is 0 Å². The molecule has 0 spiro atoms. The minimum Gasteiger partial charge on any atom is -0.371 e. The Bertz CT molecular complexity index is 614. The van der Waals surface area contributed by atoms with E-state index >= 15 is 0 Å². The fourth-order valence-corrected chi connectivity index (χ4v) is 2.36. The number of halogens is 1. The van der Waals surface area contributed by atoms with Gasteiger partial charge in [-0.1, -0.05) is 0 Å². The van der Waals surface area contributed by atoms with E-state index in [1.54, 1.807) is 18.4 Å². The van der Waals surface area contributed by atoms with Gasteiger partial charge in [0.15, 0.2) is 11.6 Å². The minimum atomic E-state index is -0.642. The lowest BCUT2D eigenvalue weighted by atomic mass is 10.2. The lowest BCUT2D eigenvalue weighted by Crippen LogP contribution is -2.27. The summed E-state index contributed by atoms with van der Waals surface area (Å²) in [5.74, 6) is -1.03. The predicted octanol–water partition coefficient (Wildman–Crippen LogP) is 2.00. The first-order valence-corrected chi connectivity index (χ1v) is 7.01. The highest BCUT2D eigenvalue weighted by atomic mass is 32.1. The predicted molar refractivity (Wildman–Crippen MR) is 76.6 cm³/mol. The van der Waals surface area contributed by atoms with Gasteiger partial charge in [-0.2, -0.15) is 0 Å². The Balaban J connectivity index is 1.95. The van der Waals surface area contributed by atoms with Crippen molar-refractivity contribution in [2.75, 3.05) is 18.9 Å². The van der Waals surface area contributed by atoms with Gasteiger partial charge in [0.25, 0.3) is 5.91 Å². The van der Waals surface area contributed by atoms with Crippen LogP contribution in [0.3, 0.4) is 0 Å². The fraction of sp³-hybridized carbons (Fsp3) is 0.308. The molecule has 0 aliphatic carbocycles. The van der Waals surface area contributed by atoms with Crippen molar-refractivity contribution in [3.05, 3.63) is 39.7 Å². The third-order valence-corrected chi connectivity index (χ3v) is 3.53. The third-order valence-electron chi connectivity index (χ3n) is 2.70. The number of aryl methyl sites for hydroxylation is 1. The summed E-state index contributed by atoms with van der Waals surface area (Å²) in [5, 5.41) is 8.22. The fourth-order valence-electron chi connectivity index (χ4n) is 1.72. The molecule has 106 valence electrons. The second kappa shape index (κ2) is 6.42. The molecule has 5 nitrogen and oxygen atoms in total. The van der Waals surface area contributed by atoms with Gasteiger partial charge in [0.05, 0.1) is 16.3 Å². The molecule has 0 aliphatic rings. The molecule has 2 heterocycles. The first-order chi connectivity index (χ1) is 9.61. The van der Waals surface area contributed by atoms with Crippen LogP contribution in [-0.2, 0) is 6.42 Å². The Kier molecular flexibility index (Phi) is 4.62. The molecule has 7 heteroatoms. The highest BCUT2D eigenvalue weighted by molar-refractivity contribution is 7.09. The maximum Gasteiger partial charge on any atom is 0.254 e. The molecule has 0 radical (unpaired) electrons. The summed E-state index contributed by atoms with van der Waals surface area (Å²) in [7, 11) is 1.55. The van der Waals surface area contributed by atoms with E-state index in [1.165, 1.54) is 12.3 Å². The molecule has 2 N–H and O–H groups in total. The summed E-state index contributed by atoms with van der Waals surface area (Å²) >= 11 is 1.57. The number of aromatic nitrogens is 2. The first-order valence-electron chi connectivity index (χ1n) is 6.13. The number of hydrogen-bond donors (Lipinski definition) is 2. The molecule has 0 aromatic carbocycles. The Hall–Kier alpha value is -2.02. The molecule has 0 saturated carbocycles. The zero-order valence-corrected chi connectivity index (χ0v) is 12.1. The van der Waals surface area contributed by atoms with Crippen LogP contribution < -0.4 is 10.6 Å². The van der Waals surface area contributed by atoms with Crippen LogP contribution in [0.4, 0.5) is 10.2 Å². The van der Waals surface area contributed by atoms with Crippen LogP contribution in [0.1, 0.15) is 21.1 Å². The number of hydrogen-bond acceptors (Lipinski definition) is 5. The van der Waals surface area contributed by atoms with Crippen LogP contribution >= 0.6 is 11.3 Å². The van der Waals surface area contributed by atoms with E-state index in [1.807, 2.05) is 12.3 Å². The normalized spacial score (nSPS) is 10.3. The number of nitrogens with zero attached hydrogens (tertiary/aromatic N) is 2. The SMILES string of the molecule is CNc1nccc(C(=O)NCCc2csc(C)n2)c1F. The van der Waals surface area contributed by atoms with Gasteiger partial charge in [-0.05, 0) is 13.0 Å². The summed E-state index contributed by atoms with van der Waals surface area (Å²) in [6.45, 7) is 2.34. The molecule has 0 fully saturated rings. The van der Waals surface area contributed by atoms with Crippen molar-refractivity contribution < 1.29 is 9.18 Å². The van der Waals surface area contributed by atoms with Gasteiger partial charge in [-0.15, -0.1) is 11.3 Å². The molecule has 1 amide bonds. The van der Waals surface area contributed by atoms with E-state index in [2.05, 4.69) is 20.6 Å². The first kappa shape index (κ1) is 14.4. The van der Waals surface area contributed by atoms with Gasteiger partial charge < -0.3 is 10.6 Å². The van der Waals surface area contributed by atoms with E-state index in [-0.39, 0.29) is 11.4 Å². The van der Waals surface area contributed by atoms with Crippen LogP contribution in [0.25, 0.3) is 0 Å². The highest BCUT2D eigenvalue weighted by Crippen LogP contribution is 2.14. The average molecular weight is 294 g/mol. The van der Waals surface area contributed by atoms with Gasteiger partial charge in [0.2, 0.25) is 0 Å². The standard InChI is InChI=1S/C13H15FN4OS/c1-8-18-9(7-20-8)3-5-17-13(19)10-4-6-16-12(15-2)11(10)14/h4,6-7H,3,5H2,1-2H3,(H,15,16)(H,17,19). The second-order valence-electron chi connectivity index (χ2n) is 4.13. The number of carbonyl (C=O) groups is 1. The number of rotatable bonds is 5. The van der Waals surface area contributed by atoms with Crippen LogP contribution in [-0.4, -0.2) is 29.5 Å². The lowest BCUT2D eigenvalue weighted by molar-refractivity contribution is 0.0950. The summed E-state index contributed by atoms with van der Waals surface area (Å²) in [5.41, 5.74) is 0.915. The Morgan fingerprint density at radius 1 is 1.50 bits per heavy atom. The van der Waals surface area contributed by atoms with Gasteiger partial charge in [0, 0.05) is 31.6 Å². The summed E-state index contributed by atoms with van der Waals surface area (Å²) in [4.78, 5) is 20.0.